The lowest BCUT2D eigenvalue weighted by Gasteiger charge is -2.07. The van der Waals surface area contributed by atoms with Crippen LogP contribution in [0.2, 0.25) is 0 Å². The van der Waals surface area contributed by atoms with Gasteiger partial charge in [0.15, 0.2) is 0 Å². The Morgan fingerprint density at radius 3 is 2.64 bits per heavy atom. The molecule has 0 aromatic carbocycles. The Balaban J connectivity index is 2.77. The topological polar surface area (TPSA) is 51.8 Å². The predicted octanol–water partition coefficient (Wildman–Crippen LogP) is 0.742. The summed E-state index contributed by atoms with van der Waals surface area (Å²) in [7, 11) is 0. The van der Waals surface area contributed by atoms with Gasteiger partial charge in [-0.2, -0.15) is 0 Å². The van der Waals surface area contributed by atoms with Crippen molar-refractivity contribution in [2.75, 3.05) is 0 Å². The SMILES string of the molecule is NC(c1ccncn1)C(F)F. The normalized spacial score (nSPS) is 13.5. The maximum absolute atomic E-state index is 11.9. The zero-order valence-corrected chi connectivity index (χ0v) is 5.61. The summed E-state index contributed by atoms with van der Waals surface area (Å²) < 4.78 is 23.9. The second-order valence-corrected chi connectivity index (χ2v) is 1.99. The van der Waals surface area contributed by atoms with Crippen LogP contribution in [0.5, 0.6) is 0 Å². The average molecular weight is 159 g/mol. The lowest BCUT2D eigenvalue weighted by molar-refractivity contribution is 0.114. The molecule has 1 unspecified atom stereocenters. The van der Waals surface area contributed by atoms with Gasteiger partial charge in [0.05, 0.1) is 5.69 Å². The van der Waals surface area contributed by atoms with Crippen LogP contribution in [0.3, 0.4) is 0 Å². The van der Waals surface area contributed by atoms with Crippen LogP contribution in [0, 0.1) is 0 Å². The van der Waals surface area contributed by atoms with Crippen LogP contribution in [0.4, 0.5) is 8.78 Å². The number of halogens is 2. The predicted molar refractivity (Wildman–Crippen MR) is 35.0 cm³/mol. The van der Waals surface area contributed by atoms with E-state index in [0.29, 0.717) is 0 Å². The monoisotopic (exact) mass is 159 g/mol. The number of hydrogen-bond donors (Lipinski definition) is 1. The highest BCUT2D eigenvalue weighted by Crippen LogP contribution is 2.13. The summed E-state index contributed by atoms with van der Waals surface area (Å²) in [6, 6.07) is 0.0644. The van der Waals surface area contributed by atoms with Crippen molar-refractivity contribution in [3.8, 4) is 0 Å². The van der Waals surface area contributed by atoms with Gasteiger partial charge in [0.1, 0.15) is 12.4 Å². The van der Waals surface area contributed by atoms with Gasteiger partial charge >= 0.3 is 0 Å². The van der Waals surface area contributed by atoms with Crippen LogP contribution >= 0.6 is 0 Å². The summed E-state index contributed by atoms with van der Waals surface area (Å²) >= 11 is 0. The zero-order chi connectivity index (χ0) is 8.27. The summed E-state index contributed by atoms with van der Waals surface area (Å²) in [6.07, 6.45) is -0.00722. The highest BCUT2D eigenvalue weighted by Gasteiger charge is 2.17. The molecule has 3 nitrogen and oxygen atoms in total. The van der Waals surface area contributed by atoms with E-state index in [1.807, 2.05) is 0 Å². The van der Waals surface area contributed by atoms with Gasteiger partial charge < -0.3 is 5.73 Å². The molecule has 0 bridgehead atoms. The van der Waals surface area contributed by atoms with E-state index in [0.717, 1.165) is 0 Å². The highest BCUT2D eigenvalue weighted by atomic mass is 19.3. The molecular formula is C6H7F2N3. The molecule has 0 aliphatic carbocycles. The minimum absolute atomic E-state index is 0.162. The molecule has 0 amide bonds. The van der Waals surface area contributed by atoms with Crippen molar-refractivity contribution in [1.29, 1.82) is 0 Å². The van der Waals surface area contributed by atoms with Gasteiger partial charge in [0.25, 0.3) is 6.43 Å². The van der Waals surface area contributed by atoms with E-state index < -0.39 is 12.5 Å². The van der Waals surface area contributed by atoms with Gasteiger partial charge in [0, 0.05) is 6.20 Å². The third-order valence-corrected chi connectivity index (χ3v) is 1.22. The van der Waals surface area contributed by atoms with Crippen molar-refractivity contribution in [1.82, 2.24) is 9.97 Å². The molecule has 1 aromatic rings. The van der Waals surface area contributed by atoms with Gasteiger partial charge in [0.2, 0.25) is 0 Å². The van der Waals surface area contributed by atoms with E-state index in [1.54, 1.807) is 0 Å². The molecule has 0 fully saturated rings. The molecule has 11 heavy (non-hydrogen) atoms. The first kappa shape index (κ1) is 8.00. The van der Waals surface area contributed by atoms with Crippen molar-refractivity contribution in [3.63, 3.8) is 0 Å². The first-order valence-electron chi connectivity index (χ1n) is 3.01. The van der Waals surface area contributed by atoms with Crippen LogP contribution in [-0.2, 0) is 0 Å². The van der Waals surface area contributed by atoms with Crippen LogP contribution in [-0.4, -0.2) is 16.4 Å². The Hall–Kier alpha value is -1.10. The Morgan fingerprint density at radius 1 is 1.45 bits per heavy atom. The van der Waals surface area contributed by atoms with Crippen molar-refractivity contribution >= 4 is 0 Å². The second kappa shape index (κ2) is 3.34. The standard InChI is InChI=1S/C6H7F2N3/c7-6(8)5(9)4-1-2-10-3-11-4/h1-3,5-6H,9H2. The minimum Gasteiger partial charge on any atom is -0.318 e. The summed E-state index contributed by atoms with van der Waals surface area (Å²) in [5.41, 5.74) is 5.26. The zero-order valence-electron chi connectivity index (χ0n) is 5.61. The maximum Gasteiger partial charge on any atom is 0.259 e. The second-order valence-electron chi connectivity index (χ2n) is 1.99. The fraction of sp³-hybridized carbons (Fsp3) is 0.333. The van der Waals surface area contributed by atoms with Crippen LogP contribution in [0.1, 0.15) is 11.7 Å². The molecule has 1 aromatic heterocycles. The molecule has 0 spiro atoms. The largest absolute Gasteiger partial charge is 0.318 e. The molecule has 0 radical (unpaired) electrons. The van der Waals surface area contributed by atoms with E-state index in [9.17, 15) is 8.78 Å². The smallest absolute Gasteiger partial charge is 0.259 e. The highest BCUT2D eigenvalue weighted by molar-refractivity contribution is 5.04. The fourth-order valence-corrected chi connectivity index (χ4v) is 0.627. The minimum atomic E-state index is -2.58. The van der Waals surface area contributed by atoms with E-state index in [4.69, 9.17) is 5.73 Å². The molecule has 0 aliphatic rings. The number of nitrogens with zero attached hydrogens (tertiary/aromatic N) is 2. The number of alkyl halides is 2. The Labute approximate surface area is 62.3 Å². The fourth-order valence-electron chi connectivity index (χ4n) is 0.627. The van der Waals surface area contributed by atoms with E-state index in [1.165, 1.54) is 18.6 Å². The number of aromatic nitrogens is 2. The first-order valence-corrected chi connectivity index (χ1v) is 3.01. The Morgan fingerprint density at radius 2 is 2.18 bits per heavy atom. The van der Waals surface area contributed by atoms with Crippen LogP contribution in [0.15, 0.2) is 18.6 Å². The lowest BCUT2D eigenvalue weighted by atomic mass is 10.2. The van der Waals surface area contributed by atoms with E-state index >= 15 is 0 Å². The summed E-state index contributed by atoms with van der Waals surface area (Å²) in [4.78, 5) is 7.16. The van der Waals surface area contributed by atoms with Crippen LogP contribution in [0.25, 0.3) is 0 Å². The van der Waals surface area contributed by atoms with Crippen LogP contribution < -0.4 is 5.73 Å². The van der Waals surface area contributed by atoms with Crippen molar-refractivity contribution < 1.29 is 8.78 Å². The molecule has 1 heterocycles. The van der Waals surface area contributed by atoms with Crippen molar-refractivity contribution in [2.24, 2.45) is 5.73 Å². The maximum atomic E-state index is 11.9. The number of rotatable bonds is 2. The van der Waals surface area contributed by atoms with Gasteiger partial charge in [-0.05, 0) is 6.07 Å². The molecule has 1 atom stereocenters. The number of nitrogens with two attached hydrogens (primary N) is 1. The summed E-state index contributed by atoms with van der Waals surface area (Å²) in [5.74, 6) is 0. The van der Waals surface area contributed by atoms with Gasteiger partial charge in [-0.15, -0.1) is 0 Å². The first-order chi connectivity index (χ1) is 5.22. The Kier molecular flexibility index (Phi) is 2.43. The van der Waals surface area contributed by atoms with Crippen molar-refractivity contribution in [3.05, 3.63) is 24.3 Å². The third kappa shape index (κ3) is 1.91. The molecular weight excluding hydrogens is 152 g/mol. The molecule has 0 aliphatic heterocycles. The van der Waals surface area contributed by atoms with Gasteiger partial charge in [-0.3, -0.25) is 0 Å². The van der Waals surface area contributed by atoms with E-state index in [2.05, 4.69) is 9.97 Å². The van der Waals surface area contributed by atoms with E-state index in [-0.39, 0.29) is 5.69 Å². The third-order valence-electron chi connectivity index (χ3n) is 1.22. The molecule has 0 saturated heterocycles. The van der Waals surface area contributed by atoms with Gasteiger partial charge in [-0.1, -0.05) is 0 Å². The lowest BCUT2D eigenvalue weighted by Crippen LogP contribution is -2.20. The summed E-state index contributed by atoms with van der Waals surface area (Å²) in [5, 5.41) is 0. The molecule has 1 rings (SSSR count). The number of hydrogen-bond acceptors (Lipinski definition) is 3. The molecule has 0 saturated carbocycles. The average Bonchev–Trinajstić information content (AvgIpc) is 2.05. The molecule has 5 heteroatoms. The quantitative estimate of drug-likeness (QED) is 0.692. The van der Waals surface area contributed by atoms with Gasteiger partial charge in [-0.25, -0.2) is 18.7 Å². The molecule has 2 N–H and O–H groups in total. The molecule has 60 valence electrons. The Bertz CT molecular complexity index is 214. The van der Waals surface area contributed by atoms with Crippen molar-refractivity contribution in [2.45, 2.75) is 12.5 Å². The summed E-state index contributed by atoms with van der Waals surface area (Å²) in [6.45, 7) is 0.